The van der Waals surface area contributed by atoms with E-state index in [-0.39, 0.29) is 24.9 Å². The molecule has 3 atom stereocenters. The Morgan fingerprint density at radius 3 is 2.77 bits per heavy atom. The summed E-state index contributed by atoms with van der Waals surface area (Å²) in [6.07, 6.45) is 0.357. The fourth-order valence-electron chi connectivity index (χ4n) is 4.01. The van der Waals surface area contributed by atoms with Gasteiger partial charge in [-0.25, -0.2) is 14.0 Å². The molecule has 1 aromatic rings. The van der Waals surface area contributed by atoms with Crippen molar-refractivity contribution in [2.24, 2.45) is 0 Å². The van der Waals surface area contributed by atoms with Crippen molar-refractivity contribution in [3.05, 3.63) is 34.6 Å². The summed E-state index contributed by atoms with van der Waals surface area (Å²) in [4.78, 5) is 25.4. The van der Waals surface area contributed by atoms with Gasteiger partial charge in [-0.05, 0) is 57.1 Å². The van der Waals surface area contributed by atoms with Crippen LogP contribution in [0.5, 0.6) is 0 Å². The number of fused-ring (bicyclic) bond motifs is 1. The second-order valence-electron chi connectivity index (χ2n) is 7.25. The maximum atomic E-state index is 14.3. The Kier molecular flexibility index (Phi) is 4.98. The summed E-state index contributed by atoms with van der Waals surface area (Å²) in [5.74, 6) is -2.72. The molecule has 8 heteroatoms. The van der Waals surface area contributed by atoms with E-state index in [1.807, 2.05) is 0 Å². The van der Waals surface area contributed by atoms with E-state index in [0.717, 1.165) is 0 Å². The summed E-state index contributed by atoms with van der Waals surface area (Å²) in [7, 11) is 3.51. The van der Waals surface area contributed by atoms with Gasteiger partial charge in [-0.2, -0.15) is 0 Å². The average molecular weight is 386 g/mol. The molecule has 0 radical (unpaired) electrons. The predicted molar refractivity (Wildman–Crippen MR) is 91.2 cm³/mol. The number of carbonyl (C=O) groups excluding carboxylic acids is 2. The predicted octanol–water partition coefficient (Wildman–Crippen LogP) is 1.71. The fourth-order valence-corrected chi connectivity index (χ4v) is 4.20. The quantitative estimate of drug-likeness (QED) is 0.628. The first kappa shape index (κ1) is 19.1. The molecule has 1 aliphatic carbocycles. The number of aliphatic hydroxyl groups is 1. The fraction of sp³-hybridized carbons (Fsp3) is 0.556. The normalized spacial score (nSPS) is 31.4. The third-order valence-corrected chi connectivity index (χ3v) is 5.33. The minimum absolute atomic E-state index is 0.117. The Hall–Kier alpha value is -1.70. The summed E-state index contributed by atoms with van der Waals surface area (Å²) in [5.41, 5.74) is -2.87. The largest absolute Gasteiger partial charge is 0.450 e. The molecule has 0 spiro atoms. The number of hydrogen-bond donors (Lipinski definition) is 1. The molecule has 1 heterocycles. The second kappa shape index (κ2) is 6.79. The first-order chi connectivity index (χ1) is 12.2. The van der Waals surface area contributed by atoms with Crippen LogP contribution in [0.2, 0.25) is 5.02 Å². The van der Waals surface area contributed by atoms with Gasteiger partial charge < -0.3 is 19.5 Å². The SMILES string of the molecule is CN(C)CC12OC(=O)C(=O)OC1CCCC2(O)Cc1cc(Cl)ccc1F. The average Bonchev–Trinajstić information content (AvgIpc) is 2.54. The summed E-state index contributed by atoms with van der Waals surface area (Å²) in [5, 5.41) is 11.9. The molecule has 3 unspecified atom stereocenters. The topological polar surface area (TPSA) is 76.1 Å². The highest BCUT2D eigenvalue weighted by atomic mass is 35.5. The number of rotatable bonds is 4. The zero-order chi connectivity index (χ0) is 19.1. The van der Waals surface area contributed by atoms with Gasteiger partial charge in [0.15, 0.2) is 5.60 Å². The third-order valence-electron chi connectivity index (χ3n) is 5.10. The van der Waals surface area contributed by atoms with Crippen molar-refractivity contribution < 1.29 is 28.6 Å². The number of ether oxygens (including phenoxy) is 2. The molecular weight excluding hydrogens is 365 g/mol. The molecule has 1 N–H and O–H groups in total. The molecule has 1 saturated carbocycles. The summed E-state index contributed by atoms with van der Waals surface area (Å²) in [6, 6.07) is 4.09. The van der Waals surface area contributed by atoms with E-state index < -0.39 is 35.1 Å². The Bertz CT molecular complexity index is 742. The summed E-state index contributed by atoms with van der Waals surface area (Å²) >= 11 is 5.97. The minimum Gasteiger partial charge on any atom is -0.450 e. The van der Waals surface area contributed by atoms with E-state index in [0.29, 0.717) is 17.9 Å². The number of hydrogen-bond acceptors (Lipinski definition) is 6. The first-order valence-corrected chi connectivity index (χ1v) is 8.80. The third kappa shape index (κ3) is 3.19. The van der Waals surface area contributed by atoms with Crippen LogP contribution in [0, 0.1) is 5.82 Å². The highest BCUT2D eigenvalue weighted by molar-refractivity contribution is 6.30. The van der Waals surface area contributed by atoms with Crippen LogP contribution in [0.15, 0.2) is 18.2 Å². The first-order valence-electron chi connectivity index (χ1n) is 8.42. The molecule has 0 amide bonds. The molecule has 3 rings (SSSR count). The molecule has 1 saturated heterocycles. The molecule has 2 aliphatic rings. The maximum Gasteiger partial charge on any atom is 0.418 e. The Balaban J connectivity index is 2.05. The van der Waals surface area contributed by atoms with Crippen molar-refractivity contribution >= 4 is 23.5 Å². The number of halogens is 2. The van der Waals surface area contributed by atoms with Crippen LogP contribution in [0.25, 0.3) is 0 Å². The van der Waals surface area contributed by atoms with Gasteiger partial charge in [0.25, 0.3) is 0 Å². The van der Waals surface area contributed by atoms with Crippen LogP contribution in [-0.2, 0) is 25.5 Å². The monoisotopic (exact) mass is 385 g/mol. The highest BCUT2D eigenvalue weighted by Gasteiger charge is 2.64. The van der Waals surface area contributed by atoms with Crippen molar-refractivity contribution in [1.29, 1.82) is 0 Å². The van der Waals surface area contributed by atoms with E-state index in [1.165, 1.54) is 18.2 Å². The molecular formula is C18H21ClFNO5. The second-order valence-corrected chi connectivity index (χ2v) is 7.68. The number of carbonyl (C=O) groups is 2. The van der Waals surface area contributed by atoms with E-state index in [1.54, 1.807) is 19.0 Å². The summed E-state index contributed by atoms with van der Waals surface area (Å²) in [6.45, 7) is 0.134. The smallest absolute Gasteiger partial charge is 0.418 e. The van der Waals surface area contributed by atoms with E-state index in [9.17, 15) is 19.1 Å². The van der Waals surface area contributed by atoms with Gasteiger partial charge in [0, 0.05) is 18.0 Å². The van der Waals surface area contributed by atoms with Crippen molar-refractivity contribution in [1.82, 2.24) is 4.90 Å². The van der Waals surface area contributed by atoms with Crippen LogP contribution in [0.4, 0.5) is 4.39 Å². The van der Waals surface area contributed by atoms with Crippen LogP contribution in [-0.4, -0.2) is 59.9 Å². The number of benzene rings is 1. The van der Waals surface area contributed by atoms with Gasteiger partial charge >= 0.3 is 11.9 Å². The molecule has 1 aromatic carbocycles. The molecule has 6 nitrogen and oxygen atoms in total. The summed E-state index contributed by atoms with van der Waals surface area (Å²) < 4.78 is 25.0. The molecule has 0 aromatic heterocycles. The lowest BCUT2D eigenvalue weighted by molar-refractivity contribution is -0.270. The van der Waals surface area contributed by atoms with Crippen LogP contribution in [0.1, 0.15) is 24.8 Å². The van der Waals surface area contributed by atoms with E-state index in [2.05, 4.69) is 0 Å². The molecule has 0 bridgehead atoms. The van der Waals surface area contributed by atoms with Crippen molar-refractivity contribution in [3.63, 3.8) is 0 Å². The zero-order valence-electron chi connectivity index (χ0n) is 14.6. The lowest BCUT2D eigenvalue weighted by Crippen LogP contribution is -2.73. The standard InChI is InChI=1S/C18H21ClFNO5/c1-21(2)10-18-14(25-15(22)16(23)26-18)4-3-7-17(18,24)9-11-8-12(19)5-6-13(11)20/h5-6,8,14,24H,3-4,7,9-10H2,1-2H3. The van der Waals surface area contributed by atoms with Crippen LogP contribution in [0.3, 0.4) is 0 Å². The van der Waals surface area contributed by atoms with Crippen molar-refractivity contribution in [2.45, 2.75) is 43.0 Å². The van der Waals surface area contributed by atoms with Gasteiger partial charge in [0.1, 0.15) is 17.5 Å². The molecule has 26 heavy (non-hydrogen) atoms. The lowest BCUT2D eigenvalue weighted by Gasteiger charge is -2.55. The number of nitrogens with zero attached hydrogens (tertiary/aromatic N) is 1. The molecule has 1 aliphatic heterocycles. The van der Waals surface area contributed by atoms with E-state index >= 15 is 0 Å². The van der Waals surface area contributed by atoms with E-state index in [4.69, 9.17) is 21.1 Å². The Labute approximate surface area is 155 Å². The lowest BCUT2D eigenvalue weighted by atomic mass is 9.66. The molecule has 142 valence electrons. The zero-order valence-corrected chi connectivity index (χ0v) is 15.4. The van der Waals surface area contributed by atoms with Gasteiger partial charge in [-0.1, -0.05) is 11.6 Å². The number of esters is 2. The number of likely N-dealkylation sites (N-methyl/N-ethyl adjacent to an activating group) is 1. The molecule has 2 fully saturated rings. The highest BCUT2D eigenvalue weighted by Crippen LogP contribution is 2.46. The Morgan fingerprint density at radius 2 is 2.08 bits per heavy atom. The van der Waals surface area contributed by atoms with Gasteiger partial charge in [-0.15, -0.1) is 0 Å². The van der Waals surface area contributed by atoms with Gasteiger partial charge in [0.2, 0.25) is 0 Å². The minimum atomic E-state index is -1.61. The Morgan fingerprint density at radius 1 is 1.35 bits per heavy atom. The van der Waals surface area contributed by atoms with Crippen molar-refractivity contribution in [3.8, 4) is 0 Å². The van der Waals surface area contributed by atoms with Gasteiger partial charge in [-0.3, -0.25) is 0 Å². The maximum absolute atomic E-state index is 14.3. The van der Waals surface area contributed by atoms with Crippen molar-refractivity contribution in [2.75, 3.05) is 20.6 Å². The van der Waals surface area contributed by atoms with Crippen LogP contribution < -0.4 is 0 Å². The van der Waals surface area contributed by atoms with Gasteiger partial charge in [0.05, 0.1) is 0 Å². The van der Waals surface area contributed by atoms with Crippen LogP contribution >= 0.6 is 11.6 Å².